The van der Waals surface area contributed by atoms with Crippen LogP contribution in [0.25, 0.3) is 0 Å². The molecule has 1 amide bonds. The van der Waals surface area contributed by atoms with Crippen molar-refractivity contribution in [3.05, 3.63) is 71.8 Å². The average molecular weight is 493 g/mol. The lowest BCUT2D eigenvalue weighted by molar-refractivity contribution is -0.163. The number of hydrogen-bond donors (Lipinski definition) is 0. The van der Waals surface area contributed by atoms with Crippen LogP contribution in [0.15, 0.2) is 60.7 Å². The average Bonchev–Trinajstić information content (AvgIpc) is 2.95. The maximum atomic E-state index is 13.2. The molecule has 0 saturated carbocycles. The quantitative estimate of drug-likeness (QED) is 0.278. The lowest BCUT2D eigenvalue weighted by Crippen LogP contribution is -2.63. The molecule has 2 heterocycles. The van der Waals surface area contributed by atoms with E-state index in [4.69, 9.17) is 4.74 Å². The number of halogens is 1. The Bertz CT molecular complexity index is 819. The summed E-state index contributed by atoms with van der Waals surface area (Å²) in [6.45, 7) is 4.02. The third kappa shape index (κ3) is 3.27. The van der Waals surface area contributed by atoms with Gasteiger partial charge in [0.05, 0.1) is 0 Å². The second-order valence-electron chi connectivity index (χ2n) is 7.30. The fourth-order valence-electron chi connectivity index (χ4n) is 3.71. The molecule has 2 saturated heterocycles. The molecule has 0 spiro atoms. The van der Waals surface area contributed by atoms with Gasteiger partial charge in [0.15, 0.2) is 6.10 Å². The summed E-state index contributed by atoms with van der Waals surface area (Å²) < 4.78 is 5.58. The van der Waals surface area contributed by atoms with Crippen LogP contribution in [-0.4, -0.2) is 36.9 Å². The van der Waals surface area contributed by atoms with Crippen molar-refractivity contribution in [3.63, 3.8) is 0 Å². The molecular weight excluding hydrogens is 473 g/mol. The molecular formula is C21H20INO3S. The fourth-order valence-corrected chi connectivity index (χ4v) is 6.36. The second-order valence-corrected chi connectivity index (χ2v) is 10.4. The smallest absolute Gasteiger partial charge is 0.331 e. The van der Waals surface area contributed by atoms with Crippen LogP contribution in [-0.2, 0) is 14.3 Å². The normalized spacial score (nSPS) is 25.9. The Balaban J connectivity index is 1.64. The Morgan fingerprint density at radius 3 is 2.11 bits per heavy atom. The number of thioether (sulfide) groups is 1. The highest BCUT2D eigenvalue weighted by molar-refractivity contribution is 14.1. The van der Waals surface area contributed by atoms with Crippen molar-refractivity contribution in [1.29, 1.82) is 0 Å². The number of ether oxygens (including phenoxy) is 1. The molecule has 0 radical (unpaired) electrons. The van der Waals surface area contributed by atoms with Crippen LogP contribution in [0.4, 0.5) is 0 Å². The number of rotatable bonds is 4. The van der Waals surface area contributed by atoms with Crippen LogP contribution < -0.4 is 0 Å². The van der Waals surface area contributed by atoms with Crippen LogP contribution in [0.1, 0.15) is 31.1 Å². The Hall–Kier alpha value is -1.54. The van der Waals surface area contributed by atoms with E-state index in [1.165, 1.54) is 0 Å². The predicted molar refractivity (Wildman–Crippen MR) is 115 cm³/mol. The summed E-state index contributed by atoms with van der Waals surface area (Å²) in [6.07, 6.45) is -0.494. The monoisotopic (exact) mass is 493 g/mol. The molecule has 2 aliphatic heterocycles. The number of fused-ring (bicyclic) bond motifs is 1. The number of β-lactam (4-membered cyclic amide) rings is 1. The standard InChI is InChI=1S/C21H20INO3S/c1-21(2)17(23-18(24)15(22)19(23)27-21)20(25)26-16(13-9-5-3-6-10-13)14-11-7-4-8-12-14/h3-12,15-17,19H,1-2H3/t15-,17-,19+/m0/s1. The van der Waals surface area contributed by atoms with Gasteiger partial charge in [-0.2, -0.15) is 0 Å². The van der Waals surface area contributed by atoms with Crippen molar-refractivity contribution >= 4 is 46.2 Å². The molecule has 27 heavy (non-hydrogen) atoms. The zero-order valence-electron chi connectivity index (χ0n) is 15.0. The largest absolute Gasteiger partial charge is 0.451 e. The summed E-state index contributed by atoms with van der Waals surface area (Å²) in [5.74, 6) is -0.319. The van der Waals surface area contributed by atoms with Gasteiger partial charge in [-0.3, -0.25) is 4.79 Å². The molecule has 0 unspecified atom stereocenters. The van der Waals surface area contributed by atoms with Crippen LogP contribution in [0.3, 0.4) is 0 Å². The molecule has 2 fully saturated rings. The molecule has 0 bridgehead atoms. The SMILES string of the molecule is CC1(C)S[C@@H]2[C@@H](I)C(=O)N2[C@H]1C(=O)OC(c1ccccc1)c1ccccc1. The number of carbonyl (C=O) groups is 2. The number of hydrogen-bond acceptors (Lipinski definition) is 4. The van der Waals surface area contributed by atoms with Gasteiger partial charge in [-0.25, -0.2) is 4.79 Å². The number of carbonyl (C=O) groups excluding carboxylic acids is 2. The highest BCUT2D eigenvalue weighted by Crippen LogP contribution is 2.53. The third-order valence-corrected chi connectivity index (χ3v) is 8.31. The molecule has 140 valence electrons. The van der Waals surface area contributed by atoms with Gasteiger partial charge in [0.2, 0.25) is 5.91 Å². The van der Waals surface area contributed by atoms with E-state index in [-0.39, 0.29) is 25.9 Å². The molecule has 2 aromatic rings. The first-order valence-corrected chi connectivity index (χ1v) is 11.0. The van der Waals surface area contributed by atoms with Crippen LogP contribution in [0.5, 0.6) is 0 Å². The van der Waals surface area contributed by atoms with Crippen molar-refractivity contribution < 1.29 is 14.3 Å². The first-order valence-electron chi connectivity index (χ1n) is 8.84. The van der Waals surface area contributed by atoms with Crippen LogP contribution in [0.2, 0.25) is 0 Å². The van der Waals surface area contributed by atoms with Crippen molar-refractivity contribution in [1.82, 2.24) is 4.90 Å². The molecule has 0 aromatic heterocycles. The second kappa shape index (κ2) is 7.13. The number of alkyl halides is 1. The Labute approximate surface area is 176 Å². The van der Waals surface area contributed by atoms with Crippen molar-refractivity contribution in [2.75, 3.05) is 0 Å². The Kier molecular flexibility index (Phi) is 4.96. The highest BCUT2D eigenvalue weighted by atomic mass is 127. The van der Waals surface area contributed by atoms with Crippen molar-refractivity contribution in [2.45, 2.75) is 40.0 Å². The van der Waals surface area contributed by atoms with Gasteiger partial charge in [0, 0.05) is 4.75 Å². The molecule has 2 aliphatic rings. The summed E-state index contributed by atoms with van der Waals surface area (Å²) in [6, 6.07) is 18.9. The highest BCUT2D eigenvalue weighted by Gasteiger charge is 2.63. The summed E-state index contributed by atoms with van der Waals surface area (Å²) in [5, 5.41) is 0.0533. The summed E-state index contributed by atoms with van der Waals surface area (Å²) >= 11 is 3.85. The van der Waals surface area contributed by atoms with E-state index < -0.39 is 12.1 Å². The minimum atomic E-state index is -0.569. The molecule has 6 heteroatoms. The van der Waals surface area contributed by atoms with Gasteiger partial charge >= 0.3 is 5.97 Å². The number of nitrogens with zero attached hydrogens (tertiary/aromatic N) is 1. The zero-order chi connectivity index (χ0) is 19.2. The summed E-state index contributed by atoms with van der Waals surface area (Å²) in [7, 11) is 0. The van der Waals surface area contributed by atoms with Gasteiger partial charge in [-0.15, -0.1) is 11.8 Å². The maximum Gasteiger partial charge on any atom is 0.331 e. The first-order chi connectivity index (χ1) is 12.9. The fraction of sp³-hybridized carbons (Fsp3) is 0.333. The summed E-state index contributed by atoms with van der Waals surface area (Å²) in [5.41, 5.74) is 1.83. The van der Waals surface area contributed by atoms with Gasteiger partial charge < -0.3 is 9.64 Å². The topological polar surface area (TPSA) is 46.6 Å². The minimum Gasteiger partial charge on any atom is -0.451 e. The van der Waals surface area contributed by atoms with E-state index in [9.17, 15) is 9.59 Å². The van der Waals surface area contributed by atoms with Crippen LogP contribution >= 0.6 is 34.4 Å². The number of amides is 1. The van der Waals surface area contributed by atoms with Crippen molar-refractivity contribution in [2.24, 2.45) is 0 Å². The third-order valence-electron chi connectivity index (χ3n) is 5.04. The molecule has 4 nitrogen and oxygen atoms in total. The lowest BCUT2D eigenvalue weighted by Gasteiger charge is -2.41. The van der Waals surface area contributed by atoms with E-state index in [0.29, 0.717) is 0 Å². The number of esters is 1. The van der Waals surface area contributed by atoms with Gasteiger partial charge in [-0.05, 0) is 25.0 Å². The van der Waals surface area contributed by atoms with Crippen molar-refractivity contribution in [3.8, 4) is 0 Å². The predicted octanol–water partition coefficient (Wildman–Crippen LogP) is 4.19. The van der Waals surface area contributed by atoms with E-state index >= 15 is 0 Å². The van der Waals surface area contributed by atoms with Gasteiger partial charge in [0.1, 0.15) is 15.3 Å². The molecule has 3 atom stereocenters. The van der Waals surface area contributed by atoms with E-state index in [1.807, 2.05) is 74.5 Å². The minimum absolute atomic E-state index is 0.0246. The van der Waals surface area contributed by atoms with E-state index in [2.05, 4.69) is 22.6 Å². The lowest BCUT2D eigenvalue weighted by atomic mass is 9.97. The molecule has 2 aromatic carbocycles. The Morgan fingerprint density at radius 2 is 1.59 bits per heavy atom. The van der Waals surface area contributed by atoms with Gasteiger partial charge in [0.25, 0.3) is 0 Å². The number of benzene rings is 2. The van der Waals surface area contributed by atoms with E-state index in [1.54, 1.807) is 16.7 Å². The molecule has 0 N–H and O–H groups in total. The zero-order valence-corrected chi connectivity index (χ0v) is 18.0. The summed E-state index contributed by atoms with van der Waals surface area (Å²) in [4.78, 5) is 27.3. The van der Waals surface area contributed by atoms with Crippen LogP contribution in [0, 0.1) is 0 Å². The Morgan fingerprint density at radius 1 is 1.07 bits per heavy atom. The molecule has 4 rings (SSSR count). The van der Waals surface area contributed by atoms with E-state index in [0.717, 1.165) is 11.1 Å². The molecule has 0 aliphatic carbocycles. The first kappa shape index (κ1) is 18.8. The maximum absolute atomic E-state index is 13.2. The van der Waals surface area contributed by atoms with Gasteiger partial charge in [-0.1, -0.05) is 83.3 Å².